The number of Topliss-reactive ketones (excluding diaryl/α,β-unsaturated/α-hetero) is 1. The Labute approximate surface area is 316 Å². The third-order valence-electron chi connectivity index (χ3n) is 9.76. The molecule has 0 saturated carbocycles. The van der Waals surface area contributed by atoms with Crippen LogP contribution in [-0.2, 0) is 39.9 Å². The molecule has 3 aliphatic rings. The largest absolute Gasteiger partial charge is 0.439 e. The van der Waals surface area contributed by atoms with Crippen molar-refractivity contribution in [1.82, 2.24) is 15.5 Å². The molecule has 2 aliphatic heterocycles. The molecule has 4 rings (SSSR count). The number of nitrogens with zero attached hydrogens (tertiary/aromatic N) is 1. The van der Waals surface area contributed by atoms with E-state index in [1.165, 1.54) is 33.3 Å². The molecule has 6 atom stereocenters. The number of fused-ring (bicyclic) bond motifs is 2. The summed E-state index contributed by atoms with van der Waals surface area (Å²) in [4.78, 5) is 68.6. The maximum absolute atomic E-state index is 14.0. The van der Waals surface area contributed by atoms with Gasteiger partial charge in [-0.25, -0.2) is 4.79 Å². The highest BCUT2D eigenvalue weighted by Gasteiger charge is 2.34. The highest BCUT2D eigenvalue weighted by Crippen LogP contribution is 2.29. The van der Waals surface area contributed by atoms with E-state index in [0.717, 1.165) is 24.7 Å². The van der Waals surface area contributed by atoms with Gasteiger partial charge in [0.15, 0.2) is 6.10 Å². The van der Waals surface area contributed by atoms with Gasteiger partial charge in [-0.05, 0) is 55.9 Å². The minimum absolute atomic E-state index is 0.0172. The molecule has 1 fully saturated rings. The van der Waals surface area contributed by atoms with Gasteiger partial charge in [0, 0.05) is 62.6 Å². The number of nitrogens with two attached hydrogens (primary N) is 1. The zero-order valence-corrected chi connectivity index (χ0v) is 31.8. The fourth-order valence-corrected chi connectivity index (χ4v) is 6.69. The maximum atomic E-state index is 14.0. The summed E-state index contributed by atoms with van der Waals surface area (Å²) in [5.74, 6) is -3.35. The number of allylic oxidation sites excluding steroid dienone is 4. The van der Waals surface area contributed by atoms with Crippen molar-refractivity contribution in [2.75, 3.05) is 40.5 Å². The minimum atomic E-state index is -1.04. The average molecular weight is 749 g/mol. The Kier molecular flexibility index (Phi) is 15.2. The van der Waals surface area contributed by atoms with Gasteiger partial charge in [-0.2, -0.15) is 0 Å². The lowest BCUT2D eigenvalue weighted by atomic mass is 9.85. The molecular formula is C40H52N4O10. The number of aliphatic hydroxyl groups excluding tert-OH is 1. The van der Waals surface area contributed by atoms with Crippen LogP contribution >= 0.6 is 0 Å². The van der Waals surface area contributed by atoms with E-state index in [0.29, 0.717) is 30.9 Å². The Morgan fingerprint density at radius 1 is 1.06 bits per heavy atom. The first-order chi connectivity index (χ1) is 25.7. The monoisotopic (exact) mass is 748 g/mol. The molecule has 14 nitrogen and oxygen atoms in total. The number of ketones is 2. The third-order valence-corrected chi connectivity index (χ3v) is 9.76. The number of carbonyl (C=O) groups is 5. The van der Waals surface area contributed by atoms with Gasteiger partial charge < -0.3 is 40.4 Å². The van der Waals surface area contributed by atoms with E-state index < -0.39 is 59.8 Å². The number of hydrogen-bond acceptors (Lipinski definition) is 11. The van der Waals surface area contributed by atoms with Crippen molar-refractivity contribution in [3.05, 3.63) is 93.9 Å². The normalized spacial score (nSPS) is 29.2. The quantitative estimate of drug-likeness (QED) is 0.237. The van der Waals surface area contributed by atoms with Crippen molar-refractivity contribution >= 4 is 29.5 Å². The molecule has 0 spiro atoms. The molecule has 3 amide bonds. The van der Waals surface area contributed by atoms with E-state index in [-0.39, 0.29) is 41.3 Å². The van der Waals surface area contributed by atoms with Crippen LogP contribution < -0.4 is 16.4 Å². The third kappa shape index (κ3) is 11.1. The number of rotatable bonds is 7. The molecule has 2 bridgehead atoms. The van der Waals surface area contributed by atoms with Crippen molar-refractivity contribution in [2.24, 2.45) is 17.6 Å². The number of methoxy groups -OCH3 is 2. The second kappa shape index (κ2) is 19.6. The van der Waals surface area contributed by atoms with Crippen LogP contribution in [0.15, 0.2) is 82.8 Å². The van der Waals surface area contributed by atoms with Crippen LogP contribution in [0.4, 0.5) is 4.79 Å². The fraction of sp³-hybridized carbons (Fsp3) is 0.475. The van der Waals surface area contributed by atoms with Crippen LogP contribution in [0.3, 0.4) is 0 Å². The SMILES string of the molecule is CO[C@H]1/C=C\C=C(/C)C(=O)NC2=CC(=O)C(NC(=O)c3ccc(CN4CCOCC4)cc3)=C(C[C@@H](C)C[C@H](OC)[C@H](O)[C@@H](C)/C=C(\C)[C@@H]1OC(N)=O)C2=O. The van der Waals surface area contributed by atoms with Crippen LogP contribution in [0.5, 0.6) is 0 Å². The van der Waals surface area contributed by atoms with Crippen molar-refractivity contribution in [3.63, 3.8) is 0 Å². The lowest BCUT2D eigenvalue weighted by Crippen LogP contribution is -2.38. The highest BCUT2D eigenvalue weighted by atomic mass is 16.6. The molecule has 1 saturated heterocycles. The number of carbonyl (C=O) groups excluding carboxylic acids is 5. The molecule has 2 heterocycles. The Morgan fingerprint density at radius 3 is 2.37 bits per heavy atom. The zero-order chi connectivity index (χ0) is 39.5. The van der Waals surface area contributed by atoms with E-state index in [1.54, 1.807) is 38.1 Å². The van der Waals surface area contributed by atoms with Crippen molar-refractivity contribution in [1.29, 1.82) is 0 Å². The highest BCUT2D eigenvalue weighted by molar-refractivity contribution is 6.24. The van der Waals surface area contributed by atoms with Crippen LogP contribution in [0, 0.1) is 11.8 Å². The summed E-state index contributed by atoms with van der Waals surface area (Å²) < 4.78 is 22.1. The number of primary amides is 1. The lowest BCUT2D eigenvalue weighted by molar-refractivity contribution is -0.120. The Bertz CT molecular complexity index is 1720. The number of aliphatic hydroxyl groups is 1. The van der Waals surface area contributed by atoms with Crippen LogP contribution in [0.2, 0.25) is 0 Å². The first kappa shape index (κ1) is 42.0. The topological polar surface area (TPSA) is 196 Å². The minimum Gasteiger partial charge on any atom is -0.439 e. The summed E-state index contributed by atoms with van der Waals surface area (Å²) in [5.41, 5.74) is 7.04. The first-order valence-electron chi connectivity index (χ1n) is 18.0. The van der Waals surface area contributed by atoms with E-state index in [9.17, 15) is 29.1 Å². The van der Waals surface area contributed by atoms with Gasteiger partial charge in [0.1, 0.15) is 6.10 Å². The Hall–Kier alpha value is -4.73. The summed E-state index contributed by atoms with van der Waals surface area (Å²) in [5, 5.41) is 16.7. The number of benzene rings is 1. The molecular weight excluding hydrogens is 696 g/mol. The second-order valence-electron chi connectivity index (χ2n) is 14.0. The zero-order valence-electron chi connectivity index (χ0n) is 31.8. The van der Waals surface area contributed by atoms with Crippen LogP contribution in [-0.4, -0.2) is 104 Å². The number of morpholine rings is 1. The van der Waals surface area contributed by atoms with Gasteiger partial charge in [-0.15, -0.1) is 0 Å². The molecule has 1 aliphatic carbocycles. The fourth-order valence-electron chi connectivity index (χ4n) is 6.69. The maximum Gasteiger partial charge on any atom is 0.405 e. The summed E-state index contributed by atoms with van der Waals surface area (Å²) in [6, 6.07) is 7.04. The summed E-state index contributed by atoms with van der Waals surface area (Å²) in [6.45, 7) is 10.5. The molecule has 5 N–H and O–H groups in total. The number of hydrogen-bond donors (Lipinski definition) is 4. The van der Waals surface area contributed by atoms with Crippen molar-refractivity contribution < 1.29 is 48.0 Å². The van der Waals surface area contributed by atoms with Gasteiger partial charge in [-0.3, -0.25) is 24.1 Å². The lowest BCUT2D eigenvalue weighted by Gasteiger charge is -2.30. The smallest absolute Gasteiger partial charge is 0.405 e. The standard InChI is InChI=1S/C40H52N4O10/c1-23-18-29-34(43-39(49)28-12-10-27(11-13-28)22-44-14-16-53-17-15-44)31(45)21-30(36(29)47)42-38(48)24(2)8-7-9-32(51-5)37(54-40(41)50)26(4)20-25(3)35(46)33(19-23)52-6/h7-13,20-21,23,25,32-33,35,37,46H,14-19,22H2,1-6H3,(H2,41,50)(H,42,48)(H,43,49)/b9-7-,24-8+,26-20+/t23-,25+,32+,33+,35-,37+/m1/s1. The predicted molar refractivity (Wildman–Crippen MR) is 200 cm³/mol. The van der Waals surface area contributed by atoms with E-state index in [1.807, 2.05) is 19.1 Å². The first-order valence-corrected chi connectivity index (χ1v) is 18.0. The number of nitrogens with one attached hydrogen (secondary N) is 2. The van der Waals surface area contributed by atoms with Crippen LogP contribution in [0.25, 0.3) is 0 Å². The van der Waals surface area contributed by atoms with E-state index in [2.05, 4.69) is 15.5 Å². The summed E-state index contributed by atoms with van der Waals surface area (Å²) in [7, 11) is 2.88. The Morgan fingerprint density at radius 2 is 1.74 bits per heavy atom. The molecule has 54 heavy (non-hydrogen) atoms. The van der Waals surface area contributed by atoms with Gasteiger partial charge in [0.05, 0.1) is 36.8 Å². The molecule has 0 radical (unpaired) electrons. The van der Waals surface area contributed by atoms with Crippen molar-refractivity contribution in [3.8, 4) is 0 Å². The van der Waals surface area contributed by atoms with Gasteiger partial charge in [-0.1, -0.05) is 50.3 Å². The summed E-state index contributed by atoms with van der Waals surface area (Å²) >= 11 is 0. The molecule has 1 aromatic rings. The van der Waals surface area contributed by atoms with Gasteiger partial charge in [0.25, 0.3) is 11.8 Å². The van der Waals surface area contributed by atoms with Gasteiger partial charge >= 0.3 is 6.09 Å². The number of amides is 3. The molecule has 292 valence electrons. The van der Waals surface area contributed by atoms with E-state index in [4.69, 9.17) is 24.7 Å². The van der Waals surface area contributed by atoms with E-state index >= 15 is 0 Å². The van der Waals surface area contributed by atoms with Crippen molar-refractivity contribution in [2.45, 2.75) is 71.5 Å². The molecule has 14 heteroatoms. The van der Waals surface area contributed by atoms with Gasteiger partial charge in [0.2, 0.25) is 11.6 Å². The van der Waals surface area contributed by atoms with Crippen LogP contribution in [0.1, 0.15) is 56.5 Å². The average Bonchev–Trinajstić information content (AvgIpc) is 3.14. The summed E-state index contributed by atoms with van der Waals surface area (Å²) in [6.07, 6.45) is 3.02. The Balaban J connectivity index is 1.67. The predicted octanol–water partition coefficient (Wildman–Crippen LogP) is 3.02. The second-order valence-corrected chi connectivity index (χ2v) is 14.0. The number of ether oxygens (including phenoxy) is 4. The molecule has 0 unspecified atom stereocenters. The molecule has 1 aromatic carbocycles. The molecule has 0 aromatic heterocycles.